The zero-order valence-electron chi connectivity index (χ0n) is 11.6. The third-order valence-electron chi connectivity index (χ3n) is 3.02. The lowest BCUT2D eigenvalue weighted by atomic mass is 10.1. The molecule has 2 rings (SSSR count). The van der Waals surface area contributed by atoms with Gasteiger partial charge in [-0.1, -0.05) is 0 Å². The fraction of sp³-hybridized carbons (Fsp3) is 0.286. The van der Waals surface area contributed by atoms with Crippen molar-refractivity contribution in [2.45, 2.75) is 19.9 Å². The van der Waals surface area contributed by atoms with Gasteiger partial charge in [0, 0.05) is 11.6 Å². The molecule has 0 radical (unpaired) electrons. The van der Waals surface area contributed by atoms with E-state index in [0.717, 1.165) is 0 Å². The Labute approximate surface area is 116 Å². The molecule has 0 atom stereocenters. The van der Waals surface area contributed by atoms with E-state index in [1.54, 1.807) is 10.7 Å². The number of hydrogen-bond acceptors (Lipinski definition) is 4. The summed E-state index contributed by atoms with van der Waals surface area (Å²) in [6, 6.07) is 4.41. The van der Waals surface area contributed by atoms with Crippen LogP contribution in [0.3, 0.4) is 0 Å². The van der Waals surface area contributed by atoms with Gasteiger partial charge in [-0.25, -0.2) is 9.07 Å². The van der Waals surface area contributed by atoms with Crippen LogP contribution in [0.25, 0.3) is 11.3 Å². The van der Waals surface area contributed by atoms with Gasteiger partial charge < -0.3 is 10.5 Å². The quantitative estimate of drug-likeness (QED) is 0.872. The number of benzene rings is 1. The Hall–Kier alpha value is -2.37. The van der Waals surface area contributed by atoms with Crippen LogP contribution in [0.15, 0.2) is 18.2 Å². The smallest absolute Gasteiger partial charge is 0.165 e. The molecule has 0 unspecified atom stereocenters. The van der Waals surface area contributed by atoms with Crippen LogP contribution in [0.1, 0.15) is 30.2 Å². The van der Waals surface area contributed by atoms with Gasteiger partial charge in [-0.05, 0) is 32.0 Å². The van der Waals surface area contributed by atoms with Gasteiger partial charge in [0.15, 0.2) is 17.9 Å². The lowest BCUT2D eigenvalue weighted by molar-refractivity contribution is 0.112. The van der Waals surface area contributed by atoms with E-state index < -0.39 is 5.82 Å². The summed E-state index contributed by atoms with van der Waals surface area (Å²) in [5.74, 6) is -0.0987. The van der Waals surface area contributed by atoms with Crippen LogP contribution in [0.2, 0.25) is 0 Å². The number of nitrogen functional groups attached to an aromatic ring is 1. The molecule has 106 valence electrons. The molecule has 0 saturated heterocycles. The van der Waals surface area contributed by atoms with Crippen LogP contribution in [0.4, 0.5) is 10.2 Å². The lowest BCUT2D eigenvalue weighted by Crippen LogP contribution is -2.07. The molecule has 1 aromatic carbocycles. The zero-order chi connectivity index (χ0) is 14.9. The molecule has 1 aromatic heterocycles. The Kier molecular flexibility index (Phi) is 3.74. The van der Waals surface area contributed by atoms with E-state index in [0.29, 0.717) is 17.5 Å². The number of hydrogen-bond donors (Lipinski definition) is 1. The van der Waals surface area contributed by atoms with Crippen LogP contribution >= 0.6 is 0 Å². The van der Waals surface area contributed by atoms with Crippen molar-refractivity contribution in [2.75, 3.05) is 12.8 Å². The highest BCUT2D eigenvalue weighted by atomic mass is 19.1. The molecular weight excluding hydrogens is 261 g/mol. The number of aldehydes is 1. The molecule has 0 aliphatic carbocycles. The molecule has 0 fully saturated rings. The first-order valence-electron chi connectivity index (χ1n) is 6.16. The van der Waals surface area contributed by atoms with Crippen molar-refractivity contribution in [2.24, 2.45) is 0 Å². The molecule has 0 amide bonds. The maximum atomic E-state index is 13.8. The summed E-state index contributed by atoms with van der Waals surface area (Å²) in [5, 5.41) is 4.30. The maximum absolute atomic E-state index is 13.8. The minimum Gasteiger partial charge on any atom is -0.494 e. The molecule has 0 spiro atoms. The van der Waals surface area contributed by atoms with E-state index in [2.05, 4.69) is 5.10 Å². The fourth-order valence-electron chi connectivity index (χ4n) is 2.00. The number of rotatable bonds is 4. The molecule has 0 aliphatic heterocycles. The van der Waals surface area contributed by atoms with Gasteiger partial charge in [0.2, 0.25) is 0 Å². The third-order valence-corrected chi connectivity index (χ3v) is 3.02. The Morgan fingerprint density at radius 3 is 2.65 bits per heavy atom. The van der Waals surface area contributed by atoms with Gasteiger partial charge in [-0.15, -0.1) is 0 Å². The first-order valence-corrected chi connectivity index (χ1v) is 6.16. The third kappa shape index (κ3) is 2.24. The van der Waals surface area contributed by atoms with E-state index in [1.165, 1.54) is 19.2 Å². The molecule has 5 nitrogen and oxygen atoms in total. The molecule has 2 N–H and O–H groups in total. The number of ether oxygens (including phenoxy) is 1. The molecule has 0 saturated carbocycles. The van der Waals surface area contributed by atoms with E-state index in [9.17, 15) is 9.18 Å². The second kappa shape index (κ2) is 5.32. The first kappa shape index (κ1) is 14.0. The standard InChI is InChI=1S/C14H16FN3O2/c1-8(2)18-14(16)10(7-19)13(17-18)9-4-5-12(20-3)11(15)6-9/h4-8H,16H2,1-3H3. The van der Waals surface area contributed by atoms with Crippen molar-refractivity contribution < 1.29 is 13.9 Å². The number of nitrogens with two attached hydrogens (primary N) is 1. The highest BCUT2D eigenvalue weighted by Gasteiger charge is 2.19. The van der Waals surface area contributed by atoms with Gasteiger partial charge in [-0.2, -0.15) is 5.10 Å². The summed E-state index contributed by atoms with van der Waals surface area (Å²) in [5.41, 5.74) is 7.02. The second-order valence-electron chi connectivity index (χ2n) is 4.65. The van der Waals surface area contributed by atoms with Crippen molar-refractivity contribution >= 4 is 12.1 Å². The van der Waals surface area contributed by atoms with Gasteiger partial charge >= 0.3 is 0 Å². The highest BCUT2D eigenvalue weighted by molar-refractivity contribution is 5.91. The molecule has 0 bridgehead atoms. The summed E-state index contributed by atoms with van der Waals surface area (Å²) in [6.07, 6.45) is 0.638. The largest absolute Gasteiger partial charge is 0.494 e. The van der Waals surface area contributed by atoms with Crippen LogP contribution < -0.4 is 10.5 Å². The van der Waals surface area contributed by atoms with Gasteiger partial charge in [-0.3, -0.25) is 4.79 Å². The van der Waals surface area contributed by atoms with Gasteiger partial charge in [0.1, 0.15) is 11.5 Å². The summed E-state index contributed by atoms with van der Waals surface area (Å²) >= 11 is 0. The number of carbonyl (C=O) groups is 1. The predicted octanol–water partition coefficient (Wildman–Crippen LogP) is 2.67. The van der Waals surface area contributed by atoms with Crippen LogP contribution in [-0.2, 0) is 0 Å². The topological polar surface area (TPSA) is 70.1 Å². The minimum absolute atomic E-state index is 0.00513. The highest BCUT2D eigenvalue weighted by Crippen LogP contribution is 2.30. The van der Waals surface area contributed by atoms with Gasteiger partial charge in [0.05, 0.1) is 12.7 Å². The monoisotopic (exact) mass is 277 g/mol. The normalized spacial score (nSPS) is 10.8. The van der Waals surface area contributed by atoms with E-state index in [1.807, 2.05) is 13.8 Å². The Balaban J connectivity index is 2.60. The average molecular weight is 277 g/mol. The molecule has 0 aliphatic rings. The number of anilines is 1. The Bertz CT molecular complexity index is 650. The fourth-order valence-corrected chi connectivity index (χ4v) is 2.00. The van der Waals surface area contributed by atoms with Gasteiger partial charge in [0.25, 0.3) is 0 Å². The van der Waals surface area contributed by atoms with Crippen LogP contribution in [-0.4, -0.2) is 23.2 Å². The SMILES string of the molecule is COc1ccc(-c2nn(C(C)C)c(N)c2C=O)cc1F. The summed E-state index contributed by atoms with van der Waals surface area (Å²) in [7, 11) is 1.39. The summed E-state index contributed by atoms with van der Waals surface area (Å²) in [4.78, 5) is 11.2. The minimum atomic E-state index is -0.514. The maximum Gasteiger partial charge on any atom is 0.165 e. The summed E-state index contributed by atoms with van der Waals surface area (Å²) < 4.78 is 20.2. The number of nitrogens with zero attached hydrogens (tertiary/aromatic N) is 2. The second-order valence-corrected chi connectivity index (χ2v) is 4.65. The molecule has 20 heavy (non-hydrogen) atoms. The Morgan fingerprint density at radius 2 is 2.15 bits per heavy atom. The van der Waals surface area contributed by atoms with Crippen molar-refractivity contribution in [1.82, 2.24) is 9.78 Å². The van der Waals surface area contributed by atoms with Crippen molar-refractivity contribution in [3.05, 3.63) is 29.6 Å². The van der Waals surface area contributed by atoms with Crippen molar-refractivity contribution in [3.63, 3.8) is 0 Å². The van der Waals surface area contributed by atoms with E-state index >= 15 is 0 Å². The number of aromatic nitrogens is 2. The van der Waals surface area contributed by atoms with Crippen LogP contribution in [0.5, 0.6) is 5.75 Å². The zero-order valence-corrected chi connectivity index (χ0v) is 11.6. The molecule has 2 aromatic rings. The predicted molar refractivity (Wildman–Crippen MR) is 74.4 cm³/mol. The first-order chi connectivity index (χ1) is 9.49. The van der Waals surface area contributed by atoms with Crippen molar-refractivity contribution in [1.29, 1.82) is 0 Å². The molecule has 1 heterocycles. The van der Waals surface area contributed by atoms with Crippen molar-refractivity contribution in [3.8, 4) is 17.0 Å². The number of halogens is 1. The summed E-state index contributed by atoms with van der Waals surface area (Å²) in [6.45, 7) is 3.80. The van der Waals surface area contributed by atoms with E-state index in [4.69, 9.17) is 10.5 Å². The number of carbonyl (C=O) groups excluding carboxylic acids is 1. The average Bonchev–Trinajstić information content (AvgIpc) is 2.75. The Morgan fingerprint density at radius 1 is 1.45 bits per heavy atom. The van der Waals surface area contributed by atoms with E-state index in [-0.39, 0.29) is 23.2 Å². The number of methoxy groups -OCH3 is 1. The lowest BCUT2D eigenvalue weighted by Gasteiger charge is -2.06. The molecular formula is C14H16FN3O2. The van der Waals surface area contributed by atoms with Crippen LogP contribution in [0, 0.1) is 5.82 Å². The molecule has 6 heteroatoms.